The zero-order chi connectivity index (χ0) is 14.4. The largest absolute Gasteiger partial charge is 0.497 e. The van der Waals surface area contributed by atoms with Crippen molar-refractivity contribution in [1.82, 2.24) is 5.32 Å². The second kappa shape index (κ2) is 6.95. The van der Waals surface area contributed by atoms with E-state index >= 15 is 0 Å². The van der Waals surface area contributed by atoms with E-state index < -0.39 is 10.0 Å². The van der Waals surface area contributed by atoms with Gasteiger partial charge in [0, 0.05) is 12.1 Å². The van der Waals surface area contributed by atoms with Crippen LogP contribution in [0.15, 0.2) is 24.3 Å². The molecule has 1 aromatic rings. The van der Waals surface area contributed by atoms with Gasteiger partial charge in [0.15, 0.2) is 0 Å². The fourth-order valence-corrected chi connectivity index (χ4v) is 3.10. The molecule has 5 nitrogen and oxygen atoms in total. The molecule has 0 spiro atoms. The molecule has 20 heavy (non-hydrogen) atoms. The summed E-state index contributed by atoms with van der Waals surface area (Å²) in [4.78, 5) is 0. The lowest BCUT2D eigenvalue weighted by atomic mass is 10.3. The Morgan fingerprint density at radius 2 is 2.10 bits per heavy atom. The fraction of sp³-hybridized carbons (Fsp3) is 0.571. The molecule has 0 heterocycles. The van der Waals surface area contributed by atoms with Gasteiger partial charge in [-0.15, -0.1) is 0 Å². The number of anilines is 1. The second-order valence-corrected chi connectivity index (χ2v) is 6.93. The molecule has 1 aromatic carbocycles. The minimum atomic E-state index is -3.28. The number of unbranched alkanes of at least 4 members (excludes halogenated alkanes) is 1. The summed E-state index contributed by atoms with van der Waals surface area (Å²) in [5.74, 6) is 0.787. The van der Waals surface area contributed by atoms with Crippen LogP contribution in [0.1, 0.15) is 25.7 Å². The molecule has 0 bridgehead atoms. The predicted molar refractivity (Wildman–Crippen MR) is 80.7 cm³/mol. The van der Waals surface area contributed by atoms with Crippen LogP contribution in [0, 0.1) is 0 Å². The number of hydrogen-bond donors (Lipinski definition) is 2. The van der Waals surface area contributed by atoms with Gasteiger partial charge >= 0.3 is 0 Å². The van der Waals surface area contributed by atoms with Crippen molar-refractivity contribution in [3.63, 3.8) is 0 Å². The molecule has 0 amide bonds. The zero-order valence-corrected chi connectivity index (χ0v) is 12.6. The molecule has 1 fully saturated rings. The minimum Gasteiger partial charge on any atom is -0.497 e. The number of benzene rings is 1. The summed E-state index contributed by atoms with van der Waals surface area (Å²) in [6.07, 6.45) is 4.07. The van der Waals surface area contributed by atoms with Crippen molar-refractivity contribution >= 4 is 15.7 Å². The Hall–Kier alpha value is -1.27. The van der Waals surface area contributed by atoms with Crippen molar-refractivity contribution in [2.24, 2.45) is 0 Å². The van der Waals surface area contributed by atoms with Gasteiger partial charge in [0.05, 0.1) is 18.6 Å². The second-order valence-electron chi connectivity index (χ2n) is 5.09. The topological polar surface area (TPSA) is 67.4 Å². The Kier molecular flexibility index (Phi) is 5.25. The van der Waals surface area contributed by atoms with Crippen LogP contribution >= 0.6 is 0 Å². The number of sulfonamides is 1. The van der Waals surface area contributed by atoms with Gasteiger partial charge in [0.2, 0.25) is 10.0 Å². The lowest BCUT2D eigenvalue weighted by Gasteiger charge is -2.09. The number of hydrogen-bond acceptors (Lipinski definition) is 4. The van der Waals surface area contributed by atoms with Crippen LogP contribution in [0.5, 0.6) is 5.75 Å². The Morgan fingerprint density at radius 3 is 2.80 bits per heavy atom. The van der Waals surface area contributed by atoms with Gasteiger partial charge in [-0.3, -0.25) is 4.72 Å². The van der Waals surface area contributed by atoms with Crippen LogP contribution in [-0.2, 0) is 10.0 Å². The van der Waals surface area contributed by atoms with Crippen molar-refractivity contribution in [3.05, 3.63) is 24.3 Å². The lowest BCUT2D eigenvalue weighted by Crippen LogP contribution is -2.20. The van der Waals surface area contributed by atoms with Gasteiger partial charge in [-0.05, 0) is 44.4 Å². The molecule has 112 valence electrons. The molecule has 1 aliphatic carbocycles. The third-order valence-electron chi connectivity index (χ3n) is 3.19. The number of methoxy groups -OCH3 is 1. The first-order chi connectivity index (χ1) is 9.59. The van der Waals surface area contributed by atoms with Gasteiger partial charge < -0.3 is 10.1 Å². The van der Waals surface area contributed by atoms with Gasteiger partial charge in [0.25, 0.3) is 0 Å². The molecular weight excluding hydrogens is 276 g/mol. The number of rotatable bonds is 9. The maximum Gasteiger partial charge on any atom is 0.232 e. The first-order valence-electron chi connectivity index (χ1n) is 6.97. The van der Waals surface area contributed by atoms with E-state index in [2.05, 4.69) is 10.0 Å². The highest BCUT2D eigenvalue weighted by Crippen LogP contribution is 2.19. The number of ether oxygens (including phenoxy) is 1. The Balaban J connectivity index is 1.74. The third-order valence-corrected chi connectivity index (χ3v) is 4.57. The smallest absolute Gasteiger partial charge is 0.232 e. The molecule has 0 unspecified atom stereocenters. The summed E-state index contributed by atoms with van der Waals surface area (Å²) < 4.78 is 31.5. The summed E-state index contributed by atoms with van der Waals surface area (Å²) in [6.45, 7) is 0.902. The highest BCUT2D eigenvalue weighted by Gasteiger charge is 2.19. The van der Waals surface area contributed by atoms with Crippen molar-refractivity contribution in [2.75, 3.05) is 24.1 Å². The number of nitrogens with one attached hydrogen (secondary N) is 2. The van der Waals surface area contributed by atoms with E-state index in [0.29, 0.717) is 23.9 Å². The third kappa shape index (κ3) is 5.38. The summed E-state index contributed by atoms with van der Waals surface area (Å²) in [7, 11) is -1.72. The predicted octanol–water partition coefficient (Wildman–Crippen LogP) is 1.97. The van der Waals surface area contributed by atoms with Crippen molar-refractivity contribution in [2.45, 2.75) is 31.7 Å². The summed E-state index contributed by atoms with van der Waals surface area (Å²) in [5, 5.41) is 3.38. The van der Waals surface area contributed by atoms with E-state index in [1.807, 2.05) is 0 Å². The van der Waals surface area contributed by atoms with Crippen LogP contribution in [-0.4, -0.2) is 33.9 Å². The van der Waals surface area contributed by atoms with Crippen molar-refractivity contribution < 1.29 is 13.2 Å². The molecule has 2 rings (SSSR count). The molecule has 1 aliphatic rings. The normalized spacial score (nSPS) is 15.1. The highest BCUT2D eigenvalue weighted by atomic mass is 32.2. The fourth-order valence-electron chi connectivity index (χ4n) is 1.93. The molecule has 0 atom stereocenters. The van der Waals surface area contributed by atoms with Crippen LogP contribution in [0.25, 0.3) is 0 Å². The van der Waals surface area contributed by atoms with Gasteiger partial charge in [-0.1, -0.05) is 6.07 Å². The van der Waals surface area contributed by atoms with Gasteiger partial charge in [0.1, 0.15) is 5.75 Å². The first-order valence-corrected chi connectivity index (χ1v) is 8.62. The van der Waals surface area contributed by atoms with E-state index in [0.717, 1.165) is 13.0 Å². The molecule has 0 aliphatic heterocycles. The summed E-state index contributed by atoms with van der Waals surface area (Å²) in [6, 6.07) is 7.61. The minimum absolute atomic E-state index is 0.149. The lowest BCUT2D eigenvalue weighted by molar-refractivity contribution is 0.415. The molecular formula is C14H22N2O3S. The Bertz CT molecular complexity index is 527. The van der Waals surface area contributed by atoms with Crippen LogP contribution < -0.4 is 14.8 Å². The van der Waals surface area contributed by atoms with Crippen molar-refractivity contribution in [1.29, 1.82) is 0 Å². The quantitative estimate of drug-likeness (QED) is 0.684. The van der Waals surface area contributed by atoms with Crippen LogP contribution in [0.4, 0.5) is 5.69 Å². The van der Waals surface area contributed by atoms with Crippen molar-refractivity contribution in [3.8, 4) is 5.75 Å². The molecule has 0 saturated heterocycles. The van der Waals surface area contributed by atoms with E-state index in [1.165, 1.54) is 12.8 Å². The Labute approximate surface area is 120 Å². The van der Waals surface area contributed by atoms with Gasteiger partial charge in [-0.25, -0.2) is 8.42 Å². The molecule has 0 radical (unpaired) electrons. The maximum absolute atomic E-state index is 11.9. The molecule has 6 heteroatoms. The summed E-state index contributed by atoms with van der Waals surface area (Å²) in [5.41, 5.74) is 0.542. The Morgan fingerprint density at radius 1 is 1.30 bits per heavy atom. The van der Waals surface area contributed by atoms with E-state index in [9.17, 15) is 8.42 Å². The van der Waals surface area contributed by atoms with Gasteiger partial charge in [-0.2, -0.15) is 0 Å². The first kappa shape index (κ1) is 15.1. The molecule has 2 N–H and O–H groups in total. The van der Waals surface area contributed by atoms with E-state index in [1.54, 1.807) is 31.4 Å². The van der Waals surface area contributed by atoms with Crippen LogP contribution in [0.3, 0.4) is 0 Å². The van der Waals surface area contributed by atoms with Crippen LogP contribution in [0.2, 0.25) is 0 Å². The molecule has 0 aromatic heterocycles. The standard InChI is InChI=1S/C14H22N2O3S/c1-19-14-6-4-5-13(11-14)16-20(17,18)10-3-2-9-15-12-7-8-12/h4-6,11-12,15-16H,2-3,7-10H2,1H3. The van der Waals surface area contributed by atoms with E-state index in [-0.39, 0.29) is 5.75 Å². The maximum atomic E-state index is 11.9. The average molecular weight is 298 g/mol. The zero-order valence-electron chi connectivity index (χ0n) is 11.8. The monoisotopic (exact) mass is 298 g/mol. The SMILES string of the molecule is COc1cccc(NS(=O)(=O)CCCCNC2CC2)c1. The van der Waals surface area contributed by atoms with E-state index in [4.69, 9.17) is 4.74 Å². The molecule has 1 saturated carbocycles. The average Bonchev–Trinajstić information content (AvgIpc) is 3.22. The summed E-state index contributed by atoms with van der Waals surface area (Å²) >= 11 is 0. The highest BCUT2D eigenvalue weighted by molar-refractivity contribution is 7.92.